The number of amides is 1. The van der Waals surface area contributed by atoms with E-state index in [2.05, 4.69) is 12.2 Å². The highest BCUT2D eigenvalue weighted by Crippen LogP contribution is 2.21. The molecule has 4 heteroatoms. The van der Waals surface area contributed by atoms with E-state index in [0.29, 0.717) is 17.2 Å². The van der Waals surface area contributed by atoms with E-state index >= 15 is 0 Å². The van der Waals surface area contributed by atoms with E-state index in [9.17, 15) is 9.90 Å². The van der Waals surface area contributed by atoms with Gasteiger partial charge < -0.3 is 15.3 Å². The fourth-order valence-electron chi connectivity index (χ4n) is 2.83. The third kappa shape index (κ3) is 3.97. The van der Waals surface area contributed by atoms with Gasteiger partial charge in [-0.3, -0.25) is 4.79 Å². The van der Waals surface area contributed by atoms with Crippen LogP contribution in [0.4, 0.5) is 0 Å². The lowest BCUT2D eigenvalue weighted by atomic mass is 10.1. The number of hydrogen-bond acceptors (Lipinski definition) is 3. The Bertz CT molecular complexity index is 482. The number of phenolic OH excluding ortho intramolecular Hbond substituents is 1. The Morgan fingerprint density at radius 1 is 1.48 bits per heavy atom. The average Bonchev–Trinajstić information content (AvgIpc) is 2.98. The van der Waals surface area contributed by atoms with Crippen LogP contribution in [0.3, 0.4) is 0 Å². The van der Waals surface area contributed by atoms with Crippen LogP contribution in [0.2, 0.25) is 0 Å². The summed E-state index contributed by atoms with van der Waals surface area (Å²) < 4.78 is 0. The van der Waals surface area contributed by atoms with Gasteiger partial charge in [0.25, 0.3) is 5.91 Å². The average molecular weight is 290 g/mol. The van der Waals surface area contributed by atoms with Crippen LogP contribution < -0.4 is 5.32 Å². The largest absolute Gasteiger partial charge is 0.508 e. The third-order valence-electron chi connectivity index (χ3n) is 4.21. The third-order valence-corrected chi connectivity index (χ3v) is 4.21. The van der Waals surface area contributed by atoms with Crippen LogP contribution in [0.25, 0.3) is 0 Å². The van der Waals surface area contributed by atoms with E-state index in [-0.39, 0.29) is 11.7 Å². The zero-order valence-corrected chi connectivity index (χ0v) is 13.1. The lowest BCUT2D eigenvalue weighted by molar-refractivity contribution is 0.0738. The Balaban J connectivity index is 2.13. The van der Waals surface area contributed by atoms with Crippen molar-refractivity contribution in [3.63, 3.8) is 0 Å². The van der Waals surface area contributed by atoms with Crippen molar-refractivity contribution < 1.29 is 9.90 Å². The molecular formula is C17H26N2O2. The molecule has 0 spiro atoms. The van der Waals surface area contributed by atoms with Gasteiger partial charge in [0, 0.05) is 30.3 Å². The van der Waals surface area contributed by atoms with E-state index in [0.717, 1.165) is 38.9 Å². The number of rotatable bonds is 6. The van der Waals surface area contributed by atoms with E-state index in [1.807, 2.05) is 4.90 Å². The number of hydrogen-bond donors (Lipinski definition) is 2. The summed E-state index contributed by atoms with van der Waals surface area (Å²) in [5.74, 6) is 0.223. The highest BCUT2D eigenvalue weighted by atomic mass is 16.3. The first-order valence-corrected chi connectivity index (χ1v) is 7.94. The van der Waals surface area contributed by atoms with Crippen molar-refractivity contribution in [1.29, 1.82) is 0 Å². The molecule has 4 nitrogen and oxygen atoms in total. The highest BCUT2D eigenvalue weighted by Gasteiger charge is 2.23. The van der Waals surface area contributed by atoms with Crippen LogP contribution in [0.1, 0.15) is 48.5 Å². The number of carbonyl (C=O) groups is 1. The first-order valence-electron chi connectivity index (χ1n) is 7.94. The van der Waals surface area contributed by atoms with Crippen molar-refractivity contribution in [2.24, 2.45) is 0 Å². The summed E-state index contributed by atoms with van der Waals surface area (Å²) in [6, 6.07) is 5.57. The van der Waals surface area contributed by atoms with E-state index in [4.69, 9.17) is 0 Å². The second-order valence-corrected chi connectivity index (χ2v) is 5.85. The van der Waals surface area contributed by atoms with Gasteiger partial charge in [-0.1, -0.05) is 19.4 Å². The molecule has 1 aromatic rings. The Morgan fingerprint density at radius 3 is 2.95 bits per heavy atom. The van der Waals surface area contributed by atoms with Gasteiger partial charge in [-0.2, -0.15) is 0 Å². The van der Waals surface area contributed by atoms with Crippen molar-refractivity contribution in [3.05, 3.63) is 29.3 Å². The molecule has 1 amide bonds. The molecule has 0 bridgehead atoms. The molecular weight excluding hydrogens is 264 g/mol. The molecule has 1 fully saturated rings. The zero-order chi connectivity index (χ0) is 15.2. The summed E-state index contributed by atoms with van der Waals surface area (Å²) >= 11 is 0. The SMILES string of the molecule is CCCCN(CC1CCCN1)C(=O)c1cccc(O)c1C. The Labute approximate surface area is 127 Å². The first kappa shape index (κ1) is 15.8. The lowest BCUT2D eigenvalue weighted by Gasteiger charge is -2.26. The summed E-state index contributed by atoms with van der Waals surface area (Å²) in [5, 5.41) is 13.3. The first-order chi connectivity index (χ1) is 10.1. The molecule has 0 radical (unpaired) electrons. The monoisotopic (exact) mass is 290 g/mol. The minimum atomic E-state index is 0.0329. The number of nitrogens with one attached hydrogen (secondary N) is 1. The maximum atomic E-state index is 12.8. The minimum absolute atomic E-state index is 0.0329. The smallest absolute Gasteiger partial charge is 0.254 e. The Morgan fingerprint density at radius 2 is 2.29 bits per heavy atom. The van der Waals surface area contributed by atoms with Crippen molar-refractivity contribution in [2.45, 2.75) is 45.6 Å². The van der Waals surface area contributed by atoms with Crippen molar-refractivity contribution in [3.8, 4) is 5.75 Å². The van der Waals surface area contributed by atoms with Gasteiger partial charge in [-0.05, 0) is 44.9 Å². The van der Waals surface area contributed by atoms with Crippen LogP contribution in [0, 0.1) is 6.92 Å². The summed E-state index contributed by atoms with van der Waals surface area (Å²) in [5.41, 5.74) is 1.28. The van der Waals surface area contributed by atoms with E-state index < -0.39 is 0 Å². The maximum absolute atomic E-state index is 12.8. The fraction of sp³-hybridized carbons (Fsp3) is 0.588. The van der Waals surface area contributed by atoms with Crippen LogP contribution >= 0.6 is 0 Å². The number of benzene rings is 1. The Kier molecular flexibility index (Phi) is 5.62. The molecule has 0 aromatic heterocycles. The molecule has 1 atom stereocenters. The van der Waals surface area contributed by atoms with Gasteiger partial charge >= 0.3 is 0 Å². The normalized spacial score (nSPS) is 17.9. The topological polar surface area (TPSA) is 52.6 Å². The predicted octanol–water partition coefficient (Wildman–Crippen LogP) is 2.69. The lowest BCUT2D eigenvalue weighted by Crippen LogP contribution is -2.41. The predicted molar refractivity (Wildman–Crippen MR) is 84.7 cm³/mol. The van der Waals surface area contributed by atoms with Crippen LogP contribution in [0.5, 0.6) is 5.75 Å². The van der Waals surface area contributed by atoms with E-state index in [1.54, 1.807) is 25.1 Å². The standard InChI is InChI=1S/C17H26N2O2/c1-3-4-11-19(12-14-7-6-10-18-14)17(21)15-8-5-9-16(20)13(15)2/h5,8-9,14,18,20H,3-4,6-7,10-12H2,1-2H3. The number of nitrogens with zero attached hydrogens (tertiary/aromatic N) is 1. The van der Waals surface area contributed by atoms with Gasteiger partial charge in [-0.25, -0.2) is 0 Å². The molecule has 1 saturated heterocycles. The molecule has 0 saturated carbocycles. The van der Waals surface area contributed by atoms with Gasteiger partial charge in [0.15, 0.2) is 0 Å². The quantitative estimate of drug-likeness (QED) is 0.847. The van der Waals surface area contributed by atoms with Crippen molar-refractivity contribution in [2.75, 3.05) is 19.6 Å². The maximum Gasteiger partial charge on any atom is 0.254 e. The molecule has 0 aliphatic carbocycles. The van der Waals surface area contributed by atoms with Gasteiger partial charge in [0.2, 0.25) is 0 Å². The second-order valence-electron chi connectivity index (χ2n) is 5.85. The van der Waals surface area contributed by atoms with E-state index in [1.165, 1.54) is 6.42 Å². The highest BCUT2D eigenvalue weighted by molar-refractivity contribution is 5.96. The summed E-state index contributed by atoms with van der Waals surface area (Å²) in [7, 11) is 0. The molecule has 21 heavy (non-hydrogen) atoms. The fourth-order valence-corrected chi connectivity index (χ4v) is 2.83. The molecule has 1 aliphatic heterocycles. The molecule has 2 rings (SSSR count). The second kappa shape index (κ2) is 7.46. The van der Waals surface area contributed by atoms with Gasteiger partial charge in [0.1, 0.15) is 5.75 Å². The molecule has 1 unspecified atom stereocenters. The molecule has 2 N–H and O–H groups in total. The zero-order valence-electron chi connectivity index (χ0n) is 13.1. The van der Waals surface area contributed by atoms with Crippen molar-refractivity contribution in [1.82, 2.24) is 10.2 Å². The summed E-state index contributed by atoms with van der Waals surface area (Å²) in [4.78, 5) is 14.7. The summed E-state index contributed by atoms with van der Waals surface area (Å²) in [6.45, 7) is 6.52. The van der Waals surface area contributed by atoms with Crippen LogP contribution in [-0.4, -0.2) is 41.6 Å². The van der Waals surface area contributed by atoms with Crippen LogP contribution in [0.15, 0.2) is 18.2 Å². The molecule has 116 valence electrons. The van der Waals surface area contributed by atoms with Gasteiger partial charge in [0.05, 0.1) is 0 Å². The molecule has 1 aliphatic rings. The molecule has 1 heterocycles. The molecule has 1 aromatic carbocycles. The number of aromatic hydroxyl groups is 1. The van der Waals surface area contributed by atoms with Gasteiger partial charge in [-0.15, -0.1) is 0 Å². The number of phenols is 1. The van der Waals surface area contributed by atoms with Crippen LogP contribution in [-0.2, 0) is 0 Å². The number of carbonyl (C=O) groups excluding carboxylic acids is 1. The Hall–Kier alpha value is -1.55. The minimum Gasteiger partial charge on any atom is -0.508 e. The number of unbranched alkanes of at least 4 members (excludes halogenated alkanes) is 1. The summed E-state index contributed by atoms with van der Waals surface area (Å²) in [6.07, 6.45) is 4.40. The van der Waals surface area contributed by atoms with Crippen molar-refractivity contribution >= 4 is 5.91 Å².